The largest absolute Gasteiger partial charge is 0.416 e. The van der Waals surface area contributed by atoms with Crippen LogP contribution in [0.3, 0.4) is 0 Å². The molecule has 1 amide bonds. The number of nitrogens with zero attached hydrogens (tertiary/aromatic N) is 5. The highest BCUT2D eigenvalue weighted by molar-refractivity contribution is 6.01. The van der Waals surface area contributed by atoms with Crippen LogP contribution in [0, 0.1) is 6.92 Å². The van der Waals surface area contributed by atoms with Crippen molar-refractivity contribution >= 4 is 16.9 Å². The van der Waals surface area contributed by atoms with E-state index >= 15 is 0 Å². The van der Waals surface area contributed by atoms with Crippen LogP contribution in [0.25, 0.3) is 22.3 Å². The normalized spacial score (nSPS) is 18.9. The summed E-state index contributed by atoms with van der Waals surface area (Å²) in [7, 11) is 0. The minimum atomic E-state index is -4.44. The Hall–Kier alpha value is -3.69. The van der Waals surface area contributed by atoms with Gasteiger partial charge in [-0.2, -0.15) is 28.6 Å². The molecule has 0 saturated carbocycles. The molecule has 1 aliphatic rings. The second kappa shape index (κ2) is 7.43. The first-order valence-electron chi connectivity index (χ1n) is 10.5. The fourth-order valence-corrected chi connectivity index (χ4v) is 4.65. The molecule has 1 fully saturated rings. The van der Waals surface area contributed by atoms with Crippen LogP contribution in [0.4, 0.5) is 13.2 Å². The van der Waals surface area contributed by atoms with Gasteiger partial charge in [0.1, 0.15) is 11.4 Å². The van der Waals surface area contributed by atoms with E-state index in [4.69, 9.17) is 0 Å². The van der Waals surface area contributed by atoms with E-state index in [1.165, 1.54) is 12.4 Å². The van der Waals surface area contributed by atoms with Gasteiger partial charge >= 0.3 is 6.18 Å². The maximum atomic E-state index is 13.8. The molecule has 0 aliphatic carbocycles. The molecule has 2 aromatic heterocycles. The number of aromatic amines is 1. The van der Waals surface area contributed by atoms with E-state index in [9.17, 15) is 18.0 Å². The molecule has 2 aromatic carbocycles. The standard InChI is InChI=1S/C23H21F3N6O/c1-14-20(29-30-28-14)16-6-3-4-7-17(16)21(33)31-11-5-10-22(31,2)32-13-27-18-12-15(23(24,25)26)8-9-19(18)32/h3-4,6-9,12-13H,5,10-11H2,1-2H3,(H,28,29,30)/t22-/m1/s1. The number of carbonyl (C=O) groups excluding carboxylic acids is 1. The van der Waals surface area contributed by atoms with Gasteiger partial charge in [0.15, 0.2) is 0 Å². The Balaban J connectivity index is 1.57. The molecule has 170 valence electrons. The monoisotopic (exact) mass is 454 g/mol. The third kappa shape index (κ3) is 3.37. The van der Waals surface area contributed by atoms with Gasteiger partial charge in [-0.25, -0.2) is 4.98 Å². The van der Waals surface area contributed by atoms with Crippen LogP contribution in [0.2, 0.25) is 0 Å². The maximum absolute atomic E-state index is 13.8. The molecule has 5 rings (SSSR count). The highest BCUT2D eigenvalue weighted by Gasteiger charge is 2.43. The lowest BCUT2D eigenvalue weighted by Crippen LogP contribution is -2.47. The van der Waals surface area contributed by atoms with Crippen LogP contribution in [-0.4, -0.2) is 42.3 Å². The van der Waals surface area contributed by atoms with Crippen LogP contribution in [-0.2, 0) is 11.8 Å². The number of benzene rings is 2. The van der Waals surface area contributed by atoms with Crippen molar-refractivity contribution in [2.45, 2.75) is 38.5 Å². The van der Waals surface area contributed by atoms with E-state index in [0.29, 0.717) is 41.0 Å². The number of hydrogen-bond acceptors (Lipinski definition) is 4. The second-order valence-electron chi connectivity index (χ2n) is 8.40. The number of hydrogen-bond donors (Lipinski definition) is 1. The fraction of sp³-hybridized carbons (Fsp3) is 0.304. The number of aryl methyl sites for hydroxylation is 1. The molecule has 4 aromatic rings. The lowest BCUT2D eigenvalue weighted by atomic mass is 10.0. The predicted molar refractivity (Wildman–Crippen MR) is 115 cm³/mol. The summed E-state index contributed by atoms with van der Waals surface area (Å²) in [6.45, 7) is 4.25. The summed E-state index contributed by atoms with van der Waals surface area (Å²) < 4.78 is 41.2. The lowest BCUT2D eigenvalue weighted by Gasteiger charge is -2.37. The molecule has 0 radical (unpaired) electrons. The molecular weight excluding hydrogens is 433 g/mol. The fourth-order valence-electron chi connectivity index (χ4n) is 4.65. The number of H-pyrrole nitrogens is 1. The number of likely N-dealkylation sites (tertiary alicyclic amines) is 1. The number of imidazole rings is 1. The molecule has 1 atom stereocenters. The van der Waals surface area contributed by atoms with Gasteiger partial charge in [-0.1, -0.05) is 18.2 Å². The summed E-state index contributed by atoms with van der Waals surface area (Å²) >= 11 is 0. The zero-order valence-corrected chi connectivity index (χ0v) is 18.0. The third-order valence-corrected chi connectivity index (χ3v) is 6.39. The number of amides is 1. The van der Waals surface area contributed by atoms with Crippen molar-refractivity contribution in [3.8, 4) is 11.3 Å². The van der Waals surface area contributed by atoms with E-state index in [2.05, 4.69) is 20.4 Å². The van der Waals surface area contributed by atoms with Gasteiger partial charge in [0.25, 0.3) is 5.91 Å². The summed E-state index contributed by atoms with van der Waals surface area (Å²) in [5.41, 5.74) is 1.71. The molecule has 10 heteroatoms. The Morgan fingerprint density at radius 2 is 1.94 bits per heavy atom. The minimum Gasteiger partial charge on any atom is -0.315 e. The van der Waals surface area contributed by atoms with Gasteiger partial charge in [-0.15, -0.1) is 0 Å². The van der Waals surface area contributed by atoms with Gasteiger partial charge < -0.3 is 9.47 Å². The molecule has 1 saturated heterocycles. The van der Waals surface area contributed by atoms with Gasteiger partial charge in [0, 0.05) is 17.7 Å². The number of alkyl halides is 3. The summed E-state index contributed by atoms with van der Waals surface area (Å²) in [6, 6.07) is 10.7. The zero-order chi connectivity index (χ0) is 23.4. The smallest absolute Gasteiger partial charge is 0.315 e. The van der Waals surface area contributed by atoms with Gasteiger partial charge in [0.2, 0.25) is 0 Å². The van der Waals surface area contributed by atoms with E-state index < -0.39 is 17.4 Å². The number of aromatic nitrogens is 5. The first-order chi connectivity index (χ1) is 15.7. The number of nitrogens with one attached hydrogen (secondary N) is 1. The quantitative estimate of drug-likeness (QED) is 0.484. The lowest BCUT2D eigenvalue weighted by molar-refractivity contribution is -0.137. The molecular formula is C23H21F3N6O. The van der Waals surface area contributed by atoms with Crippen molar-refractivity contribution in [1.82, 2.24) is 29.9 Å². The average molecular weight is 454 g/mol. The SMILES string of the molecule is Cc1n[nH]nc1-c1ccccc1C(=O)N1CCC[C@@]1(C)n1cnc2cc(C(F)(F)F)ccc21. The van der Waals surface area contributed by atoms with Crippen molar-refractivity contribution in [2.24, 2.45) is 0 Å². The second-order valence-corrected chi connectivity index (χ2v) is 8.40. The molecule has 0 bridgehead atoms. The minimum absolute atomic E-state index is 0.179. The average Bonchev–Trinajstić information content (AvgIpc) is 3.50. The molecule has 0 spiro atoms. The van der Waals surface area contributed by atoms with Crippen LogP contribution in [0.5, 0.6) is 0 Å². The van der Waals surface area contributed by atoms with E-state index in [0.717, 1.165) is 18.6 Å². The topological polar surface area (TPSA) is 79.7 Å². The summed E-state index contributed by atoms with van der Waals surface area (Å²) in [5, 5.41) is 10.9. The van der Waals surface area contributed by atoms with Gasteiger partial charge in [-0.05, 0) is 51.0 Å². The van der Waals surface area contributed by atoms with Crippen molar-refractivity contribution in [2.75, 3.05) is 6.54 Å². The number of rotatable bonds is 3. The zero-order valence-electron chi connectivity index (χ0n) is 18.0. The van der Waals surface area contributed by atoms with Crippen molar-refractivity contribution < 1.29 is 18.0 Å². The highest BCUT2D eigenvalue weighted by atomic mass is 19.4. The van der Waals surface area contributed by atoms with Crippen LogP contribution in [0.15, 0.2) is 48.8 Å². The van der Waals surface area contributed by atoms with E-state index in [1.807, 2.05) is 26.0 Å². The molecule has 1 aliphatic heterocycles. The van der Waals surface area contributed by atoms with Crippen LogP contribution < -0.4 is 0 Å². The van der Waals surface area contributed by atoms with Crippen molar-refractivity contribution in [3.63, 3.8) is 0 Å². The van der Waals surface area contributed by atoms with Gasteiger partial charge in [0.05, 0.1) is 28.6 Å². The number of fused-ring (bicyclic) bond motifs is 1. The Bertz CT molecular complexity index is 1360. The summed E-state index contributed by atoms with van der Waals surface area (Å²) in [5.74, 6) is -0.179. The Labute approximate surface area is 187 Å². The first-order valence-corrected chi connectivity index (χ1v) is 10.5. The molecule has 33 heavy (non-hydrogen) atoms. The summed E-state index contributed by atoms with van der Waals surface area (Å²) in [6.07, 6.45) is -1.52. The van der Waals surface area contributed by atoms with Crippen molar-refractivity contribution in [3.05, 3.63) is 65.6 Å². The number of carbonyl (C=O) groups is 1. The Morgan fingerprint density at radius 3 is 2.67 bits per heavy atom. The van der Waals surface area contributed by atoms with Crippen molar-refractivity contribution in [1.29, 1.82) is 0 Å². The maximum Gasteiger partial charge on any atom is 0.416 e. The predicted octanol–water partition coefficient (Wildman–Crippen LogP) is 4.76. The van der Waals surface area contributed by atoms with Gasteiger partial charge in [-0.3, -0.25) is 4.79 Å². The van der Waals surface area contributed by atoms with E-state index in [-0.39, 0.29) is 11.4 Å². The third-order valence-electron chi connectivity index (χ3n) is 6.39. The molecule has 1 N–H and O–H groups in total. The Morgan fingerprint density at radius 1 is 1.15 bits per heavy atom. The summed E-state index contributed by atoms with van der Waals surface area (Å²) in [4.78, 5) is 19.8. The Kier molecular flexibility index (Phi) is 4.77. The van der Waals surface area contributed by atoms with Crippen LogP contribution in [0.1, 0.15) is 41.4 Å². The first kappa shape index (κ1) is 21.2. The number of halogens is 3. The molecule has 7 nitrogen and oxygen atoms in total. The molecule has 0 unspecified atom stereocenters. The molecule has 3 heterocycles. The van der Waals surface area contributed by atoms with E-state index in [1.54, 1.807) is 21.6 Å². The highest BCUT2D eigenvalue weighted by Crippen LogP contribution is 2.39. The van der Waals surface area contributed by atoms with Crippen LogP contribution >= 0.6 is 0 Å².